The highest BCUT2D eigenvalue weighted by atomic mass is 19.4. The molecule has 1 saturated carbocycles. The third-order valence-corrected chi connectivity index (χ3v) is 9.24. The molecule has 2 heterocycles. The van der Waals surface area contributed by atoms with E-state index in [1.165, 1.54) is 31.9 Å². The standard InChI is InChI=1S/C34H36F3N3O2/c1-21-10-14-26(20-30(21)34(35,36)37)39-32(41)29-19-18-27-17-13-22-6-2-5-9-28(22)33(42)40(27)31(29)23-11-15-25(16-12-23)38-24-7-3-4-8-24/h2,5-6,9-12,14-16,20,24,27,29,31,38H,3-4,7-8,13,17-19H2,1H3,(H,39,41). The van der Waals surface area contributed by atoms with Gasteiger partial charge in [0.1, 0.15) is 0 Å². The Morgan fingerprint density at radius 1 is 0.881 bits per heavy atom. The quantitative estimate of drug-likeness (QED) is 0.325. The molecular formula is C34H36F3N3O2. The van der Waals surface area contributed by atoms with Crippen molar-refractivity contribution in [3.63, 3.8) is 0 Å². The number of aryl methyl sites for hydroxylation is 2. The van der Waals surface area contributed by atoms with Crippen LogP contribution in [0.1, 0.15) is 83.6 Å². The summed E-state index contributed by atoms with van der Waals surface area (Å²) in [7, 11) is 0. The lowest BCUT2D eigenvalue weighted by Crippen LogP contribution is -2.51. The van der Waals surface area contributed by atoms with E-state index >= 15 is 0 Å². The molecule has 2 N–H and O–H groups in total. The van der Waals surface area contributed by atoms with Crippen molar-refractivity contribution < 1.29 is 22.8 Å². The molecule has 8 heteroatoms. The Hall–Kier alpha value is -3.81. The number of carbonyl (C=O) groups is 2. The lowest BCUT2D eigenvalue weighted by atomic mass is 9.80. The van der Waals surface area contributed by atoms with Gasteiger partial charge in [0.05, 0.1) is 17.5 Å². The van der Waals surface area contributed by atoms with E-state index in [0.717, 1.165) is 48.6 Å². The van der Waals surface area contributed by atoms with Gasteiger partial charge in [0.25, 0.3) is 5.91 Å². The first-order chi connectivity index (χ1) is 20.2. The fourth-order valence-electron chi connectivity index (χ4n) is 7.06. The molecule has 3 atom stereocenters. The Kier molecular flexibility index (Phi) is 7.73. The molecule has 2 aliphatic heterocycles. The number of amides is 2. The number of hydrogen-bond acceptors (Lipinski definition) is 3. The second-order valence-corrected chi connectivity index (χ2v) is 12.0. The number of carbonyl (C=O) groups excluding carboxylic acids is 2. The van der Waals surface area contributed by atoms with Crippen LogP contribution in [0.15, 0.2) is 66.7 Å². The van der Waals surface area contributed by atoms with E-state index in [0.29, 0.717) is 24.4 Å². The van der Waals surface area contributed by atoms with E-state index in [-0.39, 0.29) is 29.1 Å². The molecular weight excluding hydrogens is 539 g/mol. The van der Waals surface area contributed by atoms with Crippen LogP contribution in [-0.4, -0.2) is 28.8 Å². The van der Waals surface area contributed by atoms with Crippen LogP contribution in [0.5, 0.6) is 0 Å². The first-order valence-electron chi connectivity index (χ1n) is 14.9. The number of anilines is 2. The minimum Gasteiger partial charge on any atom is -0.382 e. The molecule has 0 bridgehead atoms. The number of fused-ring (bicyclic) bond motifs is 2. The van der Waals surface area contributed by atoms with Gasteiger partial charge in [0, 0.05) is 29.0 Å². The van der Waals surface area contributed by atoms with Crippen LogP contribution < -0.4 is 10.6 Å². The molecule has 5 nitrogen and oxygen atoms in total. The molecule has 3 aliphatic rings. The van der Waals surface area contributed by atoms with E-state index < -0.39 is 23.7 Å². The van der Waals surface area contributed by atoms with Gasteiger partial charge < -0.3 is 15.5 Å². The Morgan fingerprint density at radius 3 is 2.33 bits per heavy atom. The first kappa shape index (κ1) is 28.3. The number of rotatable bonds is 5. The lowest BCUT2D eigenvalue weighted by molar-refractivity contribution is -0.138. The minimum atomic E-state index is -4.52. The van der Waals surface area contributed by atoms with Gasteiger partial charge in [-0.25, -0.2) is 0 Å². The van der Waals surface area contributed by atoms with Gasteiger partial charge in [-0.15, -0.1) is 0 Å². The molecule has 3 unspecified atom stereocenters. The van der Waals surface area contributed by atoms with Crippen LogP contribution in [0.25, 0.3) is 0 Å². The van der Waals surface area contributed by atoms with Crippen LogP contribution >= 0.6 is 0 Å². The van der Waals surface area contributed by atoms with Crippen molar-refractivity contribution in [2.24, 2.45) is 5.92 Å². The largest absolute Gasteiger partial charge is 0.416 e. The van der Waals surface area contributed by atoms with Gasteiger partial charge >= 0.3 is 6.18 Å². The summed E-state index contributed by atoms with van der Waals surface area (Å²) in [5, 5.41) is 6.36. The highest BCUT2D eigenvalue weighted by Crippen LogP contribution is 2.44. The molecule has 6 rings (SSSR count). The first-order valence-corrected chi connectivity index (χ1v) is 14.9. The van der Waals surface area contributed by atoms with Gasteiger partial charge in [-0.05, 0) is 92.5 Å². The third-order valence-electron chi connectivity index (χ3n) is 9.24. The predicted octanol–water partition coefficient (Wildman–Crippen LogP) is 7.92. The number of benzene rings is 3. The van der Waals surface area contributed by atoms with Crippen molar-refractivity contribution in [2.45, 2.75) is 82.6 Å². The summed E-state index contributed by atoms with van der Waals surface area (Å²) in [4.78, 5) is 29.9. The Bertz CT molecular complexity index is 1460. The summed E-state index contributed by atoms with van der Waals surface area (Å²) in [6.45, 7) is 1.40. The van der Waals surface area contributed by atoms with Crippen molar-refractivity contribution >= 4 is 23.2 Å². The molecule has 220 valence electrons. The highest BCUT2D eigenvalue weighted by Gasteiger charge is 2.45. The van der Waals surface area contributed by atoms with Crippen molar-refractivity contribution in [2.75, 3.05) is 10.6 Å². The average Bonchev–Trinajstić information content (AvgIpc) is 3.44. The maximum Gasteiger partial charge on any atom is 0.416 e. The van der Waals surface area contributed by atoms with E-state index in [1.807, 2.05) is 53.4 Å². The normalized spacial score (nSPS) is 22.7. The summed E-state index contributed by atoms with van der Waals surface area (Å²) >= 11 is 0. The van der Waals surface area contributed by atoms with E-state index in [1.54, 1.807) is 0 Å². The second-order valence-electron chi connectivity index (χ2n) is 12.0. The Balaban J connectivity index is 1.34. The van der Waals surface area contributed by atoms with Crippen LogP contribution in [0.2, 0.25) is 0 Å². The van der Waals surface area contributed by atoms with Crippen molar-refractivity contribution in [3.8, 4) is 0 Å². The molecule has 0 radical (unpaired) electrons. The third kappa shape index (κ3) is 5.63. The van der Waals surface area contributed by atoms with E-state index in [4.69, 9.17) is 0 Å². The Morgan fingerprint density at radius 2 is 1.60 bits per heavy atom. The number of halogens is 3. The summed E-state index contributed by atoms with van der Waals surface area (Å²) in [5.74, 6) is -1.10. The van der Waals surface area contributed by atoms with Crippen molar-refractivity contribution in [3.05, 3.63) is 94.5 Å². The predicted molar refractivity (Wildman–Crippen MR) is 157 cm³/mol. The fourth-order valence-corrected chi connectivity index (χ4v) is 7.06. The van der Waals surface area contributed by atoms with Gasteiger partial charge in [-0.1, -0.05) is 49.2 Å². The Labute approximate surface area is 244 Å². The number of nitrogens with zero attached hydrogens (tertiary/aromatic N) is 1. The van der Waals surface area contributed by atoms with Crippen LogP contribution in [0, 0.1) is 12.8 Å². The molecule has 0 spiro atoms. The van der Waals surface area contributed by atoms with Gasteiger partial charge in [0.2, 0.25) is 5.91 Å². The van der Waals surface area contributed by atoms with Gasteiger partial charge in [0.15, 0.2) is 0 Å². The molecule has 2 amide bonds. The second kappa shape index (κ2) is 11.5. The molecule has 3 aromatic carbocycles. The smallest absolute Gasteiger partial charge is 0.382 e. The molecule has 1 saturated heterocycles. The summed E-state index contributed by atoms with van der Waals surface area (Å²) in [6.07, 6.45) is 2.96. The summed E-state index contributed by atoms with van der Waals surface area (Å²) in [5.41, 5.74) is 2.94. The molecule has 2 fully saturated rings. The lowest BCUT2D eigenvalue weighted by Gasteiger charge is -2.45. The maximum atomic E-state index is 14.1. The van der Waals surface area contributed by atoms with Crippen LogP contribution in [0.4, 0.5) is 24.5 Å². The van der Waals surface area contributed by atoms with Gasteiger partial charge in [-0.3, -0.25) is 9.59 Å². The van der Waals surface area contributed by atoms with E-state index in [9.17, 15) is 22.8 Å². The molecule has 0 aromatic heterocycles. The average molecular weight is 576 g/mol. The van der Waals surface area contributed by atoms with E-state index in [2.05, 4.69) is 10.6 Å². The highest BCUT2D eigenvalue weighted by molar-refractivity contribution is 5.98. The number of nitrogens with one attached hydrogen (secondary N) is 2. The monoisotopic (exact) mass is 575 g/mol. The van der Waals surface area contributed by atoms with Crippen molar-refractivity contribution in [1.29, 1.82) is 0 Å². The zero-order valence-electron chi connectivity index (χ0n) is 23.7. The summed E-state index contributed by atoms with van der Waals surface area (Å²) in [6, 6.07) is 19.4. The molecule has 1 aliphatic carbocycles. The van der Waals surface area contributed by atoms with Crippen LogP contribution in [0.3, 0.4) is 0 Å². The number of hydrogen-bond donors (Lipinski definition) is 2. The maximum absolute atomic E-state index is 14.1. The fraction of sp³-hybridized carbons (Fsp3) is 0.412. The number of piperidine rings is 1. The number of alkyl halides is 3. The SMILES string of the molecule is Cc1ccc(NC(=O)C2CCC3CCc4ccccc4C(=O)N3C2c2ccc(NC3CCCC3)cc2)cc1C(F)(F)F. The van der Waals surface area contributed by atoms with Crippen molar-refractivity contribution in [1.82, 2.24) is 4.90 Å². The zero-order chi connectivity index (χ0) is 29.4. The van der Waals surface area contributed by atoms with Gasteiger partial charge in [-0.2, -0.15) is 13.2 Å². The molecule has 42 heavy (non-hydrogen) atoms. The van der Waals surface area contributed by atoms with Crippen LogP contribution in [-0.2, 0) is 17.4 Å². The zero-order valence-corrected chi connectivity index (χ0v) is 23.7. The topological polar surface area (TPSA) is 61.4 Å². The molecule has 3 aromatic rings. The summed E-state index contributed by atoms with van der Waals surface area (Å²) < 4.78 is 40.8. The minimum absolute atomic E-state index is 0.0357.